The fourth-order valence-electron chi connectivity index (χ4n) is 1.51. The molecule has 0 saturated heterocycles. The van der Waals surface area contributed by atoms with Gasteiger partial charge in [0.2, 0.25) is 5.91 Å². The van der Waals surface area contributed by atoms with Crippen LogP contribution in [-0.4, -0.2) is 29.7 Å². The molecular weight excluding hydrogens is 260 g/mol. The van der Waals surface area contributed by atoms with E-state index in [4.69, 9.17) is 5.73 Å². The van der Waals surface area contributed by atoms with Gasteiger partial charge in [0.25, 0.3) is 0 Å². The molecule has 0 saturated carbocycles. The molecule has 0 aliphatic carbocycles. The smallest absolute Gasteiger partial charge is 0.234 e. The van der Waals surface area contributed by atoms with Crippen molar-refractivity contribution < 1.29 is 9.59 Å². The number of anilines is 1. The van der Waals surface area contributed by atoms with E-state index in [1.165, 1.54) is 6.92 Å². The predicted molar refractivity (Wildman–Crippen MR) is 80.6 cm³/mol. The number of carbonyl (C=O) groups is 2. The molecule has 1 amide bonds. The summed E-state index contributed by atoms with van der Waals surface area (Å²) in [6.07, 6.45) is 0. The van der Waals surface area contributed by atoms with Crippen molar-refractivity contribution in [3.05, 3.63) is 29.8 Å². The third-order valence-electron chi connectivity index (χ3n) is 2.62. The number of hydrogen-bond donors (Lipinski definition) is 2. The summed E-state index contributed by atoms with van der Waals surface area (Å²) in [4.78, 5) is 23.2. The second kappa shape index (κ2) is 7.96. The zero-order valence-electron chi connectivity index (χ0n) is 11.3. The summed E-state index contributed by atoms with van der Waals surface area (Å²) < 4.78 is 0. The molecule has 4 nitrogen and oxygen atoms in total. The zero-order chi connectivity index (χ0) is 14.3. The van der Waals surface area contributed by atoms with E-state index in [0.717, 1.165) is 5.75 Å². The molecule has 5 heteroatoms. The van der Waals surface area contributed by atoms with Crippen molar-refractivity contribution in [1.82, 2.24) is 0 Å². The van der Waals surface area contributed by atoms with Gasteiger partial charge >= 0.3 is 0 Å². The summed E-state index contributed by atoms with van der Waals surface area (Å²) >= 11 is 1.55. The highest BCUT2D eigenvalue weighted by molar-refractivity contribution is 7.99. The number of Topliss-reactive ketones (excluding diaryl/α,β-unsaturated/α-hetero) is 1. The topological polar surface area (TPSA) is 72.2 Å². The Morgan fingerprint density at radius 2 is 2.05 bits per heavy atom. The maximum absolute atomic E-state index is 11.8. The van der Waals surface area contributed by atoms with Crippen molar-refractivity contribution in [2.45, 2.75) is 13.8 Å². The van der Waals surface area contributed by atoms with E-state index in [1.807, 2.05) is 0 Å². The average molecular weight is 280 g/mol. The van der Waals surface area contributed by atoms with Crippen LogP contribution in [0.3, 0.4) is 0 Å². The molecule has 0 fully saturated rings. The van der Waals surface area contributed by atoms with Gasteiger partial charge in [-0.15, -0.1) is 0 Å². The minimum Gasteiger partial charge on any atom is -0.330 e. The Labute approximate surface area is 118 Å². The number of carbonyl (C=O) groups excluding carboxylic acids is 2. The minimum atomic E-state index is -0.0945. The number of benzene rings is 1. The Balaban J connectivity index is 2.51. The zero-order valence-corrected chi connectivity index (χ0v) is 12.1. The Morgan fingerprint density at radius 1 is 1.37 bits per heavy atom. The van der Waals surface area contributed by atoms with Gasteiger partial charge in [-0.2, -0.15) is 11.8 Å². The molecule has 0 heterocycles. The van der Waals surface area contributed by atoms with Crippen LogP contribution < -0.4 is 11.1 Å². The van der Waals surface area contributed by atoms with Crippen molar-refractivity contribution in [3.63, 3.8) is 0 Å². The number of ketones is 1. The molecule has 1 aromatic carbocycles. The normalized spacial score (nSPS) is 11.9. The summed E-state index contributed by atoms with van der Waals surface area (Å²) in [6, 6.07) is 7.03. The van der Waals surface area contributed by atoms with Gasteiger partial charge in [0.05, 0.1) is 11.4 Å². The van der Waals surface area contributed by atoms with Crippen LogP contribution in [-0.2, 0) is 4.79 Å². The first-order valence-electron chi connectivity index (χ1n) is 6.22. The third-order valence-corrected chi connectivity index (χ3v) is 3.89. The Morgan fingerprint density at radius 3 is 2.68 bits per heavy atom. The number of nitrogens with one attached hydrogen (secondary N) is 1. The summed E-state index contributed by atoms with van der Waals surface area (Å²) in [5.41, 5.74) is 6.63. The van der Waals surface area contributed by atoms with E-state index in [-0.39, 0.29) is 11.7 Å². The van der Waals surface area contributed by atoms with E-state index in [1.54, 1.807) is 36.0 Å². The number of amides is 1. The Kier molecular flexibility index (Phi) is 6.59. The van der Waals surface area contributed by atoms with E-state index < -0.39 is 0 Å². The van der Waals surface area contributed by atoms with Gasteiger partial charge in [-0.3, -0.25) is 9.59 Å². The van der Waals surface area contributed by atoms with E-state index in [9.17, 15) is 9.59 Å². The van der Waals surface area contributed by atoms with Crippen LogP contribution in [0.25, 0.3) is 0 Å². The van der Waals surface area contributed by atoms with Crippen molar-refractivity contribution in [3.8, 4) is 0 Å². The van der Waals surface area contributed by atoms with Crippen molar-refractivity contribution in [2.24, 2.45) is 11.7 Å². The minimum absolute atomic E-state index is 0.0553. The maximum Gasteiger partial charge on any atom is 0.234 e. The van der Waals surface area contributed by atoms with Crippen LogP contribution in [0.5, 0.6) is 0 Å². The Hall–Kier alpha value is -1.33. The molecular formula is C14H20N2O2S. The molecule has 0 bridgehead atoms. The molecule has 3 N–H and O–H groups in total. The number of nitrogens with two attached hydrogens (primary N) is 1. The fourth-order valence-corrected chi connectivity index (χ4v) is 2.42. The summed E-state index contributed by atoms with van der Waals surface area (Å²) in [7, 11) is 0. The molecule has 1 aromatic rings. The number of thioether (sulfide) groups is 1. The number of rotatable bonds is 7. The second-order valence-corrected chi connectivity index (χ2v) is 5.54. The van der Waals surface area contributed by atoms with Gasteiger partial charge in [-0.25, -0.2) is 0 Å². The Bertz CT molecular complexity index is 449. The molecule has 0 aliphatic rings. The average Bonchev–Trinajstić information content (AvgIpc) is 2.38. The molecule has 104 valence electrons. The van der Waals surface area contributed by atoms with Gasteiger partial charge in [0.15, 0.2) is 5.78 Å². The summed E-state index contributed by atoms with van der Waals surface area (Å²) in [6.45, 7) is 4.17. The lowest BCUT2D eigenvalue weighted by molar-refractivity contribution is -0.113. The summed E-state index contributed by atoms with van der Waals surface area (Å²) in [5.74, 6) is 1.49. The first-order chi connectivity index (χ1) is 9.04. The second-order valence-electron chi connectivity index (χ2n) is 4.51. The van der Waals surface area contributed by atoms with E-state index in [0.29, 0.717) is 29.5 Å². The lowest BCUT2D eigenvalue weighted by Crippen LogP contribution is -2.18. The third kappa shape index (κ3) is 5.44. The largest absolute Gasteiger partial charge is 0.330 e. The van der Waals surface area contributed by atoms with Crippen LogP contribution in [0, 0.1) is 5.92 Å². The van der Waals surface area contributed by atoms with Crippen LogP contribution in [0.1, 0.15) is 24.2 Å². The van der Waals surface area contributed by atoms with Gasteiger partial charge in [0, 0.05) is 5.56 Å². The van der Waals surface area contributed by atoms with Crippen molar-refractivity contribution in [1.29, 1.82) is 0 Å². The number of hydrogen-bond acceptors (Lipinski definition) is 4. The van der Waals surface area contributed by atoms with Gasteiger partial charge in [-0.05, 0) is 37.3 Å². The fraction of sp³-hybridized carbons (Fsp3) is 0.429. The lowest BCUT2D eigenvalue weighted by Gasteiger charge is -2.10. The number of para-hydroxylation sites is 1. The molecule has 0 aromatic heterocycles. The van der Waals surface area contributed by atoms with E-state index in [2.05, 4.69) is 12.2 Å². The molecule has 1 rings (SSSR count). The van der Waals surface area contributed by atoms with Gasteiger partial charge in [0.1, 0.15) is 0 Å². The molecule has 0 radical (unpaired) electrons. The van der Waals surface area contributed by atoms with Crippen LogP contribution in [0.4, 0.5) is 5.69 Å². The maximum atomic E-state index is 11.8. The van der Waals surface area contributed by atoms with Crippen molar-refractivity contribution in [2.75, 3.05) is 23.4 Å². The predicted octanol–water partition coefficient (Wildman–Crippen LogP) is 2.16. The highest BCUT2D eigenvalue weighted by atomic mass is 32.2. The van der Waals surface area contributed by atoms with Crippen LogP contribution in [0.2, 0.25) is 0 Å². The first kappa shape index (κ1) is 15.7. The molecule has 0 spiro atoms. The molecule has 1 unspecified atom stereocenters. The SMILES string of the molecule is CC(=O)c1ccccc1NC(=O)CSCC(C)CN. The first-order valence-corrected chi connectivity index (χ1v) is 7.37. The van der Waals surface area contributed by atoms with Crippen molar-refractivity contribution >= 4 is 29.1 Å². The van der Waals surface area contributed by atoms with Crippen LogP contribution >= 0.6 is 11.8 Å². The van der Waals surface area contributed by atoms with Crippen LogP contribution in [0.15, 0.2) is 24.3 Å². The monoisotopic (exact) mass is 280 g/mol. The van der Waals surface area contributed by atoms with Gasteiger partial charge in [-0.1, -0.05) is 19.1 Å². The highest BCUT2D eigenvalue weighted by Gasteiger charge is 2.10. The molecule has 1 atom stereocenters. The van der Waals surface area contributed by atoms with Gasteiger partial charge < -0.3 is 11.1 Å². The van der Waals surface area contributed by atoms with E-state index >= 15 is 0 Å². The standard InChI is InChI=1S/C14H20N2O2S/c1-10(7-15)8-19-9-14(18)16-13-6-4-3-5-12(13)11(2)17/h3-6,10H,7-9,15H2,1-2H3,(H,16,18). The molecule has 0 aliphatic heterocycles. The highest BCUT2D eigenvalue weighted by Crippen LogP contribution is 2.16. The summed E-state index contributed by atoms with van der Waals surface area (Å²) in [5, 5.41) is 2.77. The lowest BCUT2D eigenvalue weighted by atomic mass is 10.1. The molecule has 19 heavy (non-hydrogen) atoms. The quantitative estimate of drug-likeness (QED) is 0.751.